The molecule has 5 heteroatoms. The van der Waals surface area contributed by atoms with Crippen LogP contribution in [0, 0.1) is 0 Å². The van der Waals surface area contributed by atoms with Gasteiger partial charge in [0.25, 0.3) is 0 Å². The summed E-state index contributed by atoms with van der Waals surface area (Å²) >= 11 is 1.73. The lowest BCUT2D eigenvalue weighted by Gasteiger charge is -2.04. The second-order valence-corrected chi connectivity index (χ2v) is 6.76. The van der Waals surface area contributed by atoms with Gasteiger partial charge in [0.15, 0.2) is 0 Å². The first-order chi connectivity index (χ1) is 11.8. The van der Waals surface area contributed by atoms with Crippen LogP contribution in [0.1, 0.15) is 6.42 Å². The summed E-state index contributed by atoms with van der Waals surface area (Å²) in [6, 6.07) is 20.1. The van der Waals surface area contributed by atoms with E-state index in [2.05, 4.69) is 28.2 Å². The summed E-state index contributed by atoms with van der Waals surface area (Å²) in [4.78, 5) is 19.6. The van der Waals surface area contributed by atoms with E-state index >= 15 is 0 Å². The van der Waals surface area contributed by atoms with Crippen molar-refractivity contribution in [3.05, 3.63) is 71.1 Å². The van der Waals surface area contributed by atoms with E-state index in [1.54, 1.807) is 11.8 Å². The summed E-state index contributed by atoms with van der Waals surface area (Å²) in [6.07, 6.45) is 0.918. The third-order valence-electron chi connectivity index (χ3n) is 4.03. The normalized spacial score (nSPS) is 11.3. The molecule has 4 aromatic rings. The van der Waals surface area contributed by atoms with Gasteiger partial charge in [0, 0.05) is 17.7 Å². The molecule has 0 amide bonds. The Balaban J connectivity index is 1.41. The van der Waals surface area contributed by atoms with Gasteiger partial charge in [-0.25, -0.2) is 9.78 Å². The van der Waals surface area contributed by atoms with E-state index in [0.29, 0.717) is 6.54 Å². The van der Waals surface area contributed by atoms with Gasteiger partial charge >= 0.3 is 5.69 Å². The van der Waals surface area contributed by atoms with Crippen molar-refractivity contribution in [3.63, 3.8) is 0 Å². The van der Waals surface area contributed by atoms with Crippen molar-refractivity contribution < 1.29 is 0 Å². The molecule has 0 bridgehead atoms. The number of rotatable bonds is 5. The predicted molar refractivity (Wildman–Crippen MR) is 99.6 cm³/mol. The Bertz CT molecular complexity index is 1050. The van der Waals surface area contributed by atoms with Crippen LogP contribution in [0.3, 0.4) is 0 Å². The maximum Gasteiger partial charge on any atom is 0.326 e. The van der Waals surface area contributed by atoms with Crippen LogP contribution in [0.2, 0.25) is 0 Å². The highest BCUT2D eigenvalue weighted by atomic mass is 32.2. The molecule has 0 atom stereocenters. The zero-order valence-corrected chi connectivity index (χ0v) is 13.9. The third kappa shape index (κ3) is 2.95. The van der Waals surface area contributed by atoms with Crippen molar-refractivity contribution in [2.75, 3.05) is 5.75 Å². The Morgan fingerprint density at radius 3 is 2.79 bits per heavy atom. The molecule has 4 nitrogen and oxygen atoms in total. The van der Waals surface area contributed by atoms with E-state index in [1.807, 2.05) is 47.0 Å². The highest BCUT2D eigenvalue weighted by Gasteiger charge is 2.05. The number of hydrogen-bond acceptors (Lipinski definition) is 3. The fraction of sp³-hybridized carbons (Fsp3) is 0.158. The second kappa shape index (κ2) is 6.53. The molecule has 0 aliphatic carbocycles. The van der Waals surface area contributed by atoms with Crippen LogP contribution in [0.5, 0.6) is 0 Å². The number of nitrogens with one attached hydrogen (secondary N) is 1. The van der Waals surface area contributed by atoms with Gasteiger partial charge in [-0.1, -0.05) is 36.4 Å². The number of hydrogen-bond donors (Lipinski definition) is 1. The van der Waals surface area contributed by atoms with Crippen molar-refractivity contribution in [3.8, 4) is 0 Å². The fourth-order valence-corrected chi connectivity index (χ4v) is 3.67. The zero-order chi connectivity index (χ0) is 16.4. The molecule has 2 aromatic heterocycles. The Kier molecular flexibility index (Phi) is 4.09. The largest absolute Gasteiger partial charge is 0.326 e. The number of benzene rings is 2. The van der Waals surface area contributed by atoms with Gasteiger partial charge in [-0.05, 0) is 30.7 Å². The highest BCUT2D eigenvalue weighted by Crippen LogP contribution is 2.21. The molecule has 0 saturated heterocycles. The van der Waals surface area contributed by atoms with Gasteiger partial charge in [-0.3, -0.25) is 4.57 Å². The number of H-pyrrole nitrogens is 1. The molecule has 2 heterocycles. The van der Waals surface area contributed by atoms with E-state index in [-0.39, 0.29) is 5.69 Å². The topological polar surface area (TPSA) is 50.7 Å². The van der Waals surface area contributed by atoms with Crippen LogP contribution in [0.25, 0.3) is 21.9 Å². The Morgan fingerprint density at radius 2 is 1.83 bits per heavy atom. The number of imidazole rings is 1. The molecule has 0 radical (unpaired) electrons. The van der Waals surface area contributed by atoms with Gasteiger partial charge in [0.2, 0.25) is 0 Å². The van der Waals surface area contributed by atoms with Crippen molar-refractivity contribution in [1.29, 1.82) is 0 Å². The quantitative estimate of drug-likeness (QED) is 0.442. The fourth-order valence-electron chi connectivity index (χ4n) is 2.86. The minimum Gasteiger partial charge on any atom is -0.306 e. The standard InChI is InChI=1S/C19H17N3OS/c23-19-21-16-8-3-4-9-17(16)22(19)12-5-13-24-18-11-10-14-6-1-2-7-15(14)20-18/h1-4,6-11H,5,12-13H2,(H,21,23). The van der Waals surface area contributed by atoms with Crippen molar-refractivity contribution in [2.24, 2.45) is 0 Å². The zero-order valence-electron chi connectivity index (χ0n) is 13.1. The van der Waals surface area contributed by atoms with Crippen LogP contribution in [0.15, 0.2) is 70.5 Å². The maximum absolute atomic E-state index is 12.0. The van der Waals surface area contributed by atoms with E-state index < -0.39 is 0 Å². The van der Waals surface area contributed by atoms with Crippen molar-refractivity contribution in [2.45, 2.75) is 18.0 Å². The van der Waals surface area contributed by atoms with Crippen LogP contribution in [-0.2, 0) is 6.54 Å². The monoisotopic (exact) mass is 335 g/mol. The number of aryl methyl sites for hydroxylation is 1. The van der Waals surface area contributed by atoms with Gasteiger partial charge < -0.3 is 4.98 Å². The number of aromatic nitrogens is 3. The molecule has 0 unspecified atom stereocenters. The first-order valence-corrected chi connectivity index (χ1v) is 8.96. The third-order valence-corrected chi connectivity index (χ3v) is 5.05. The molecular formula is C19H17N3OS. The minimum absolute atomic E-state index is 0.0370. The number of para-hydroxylation sites is 3. The van der Waals surface area contributed by atoms with Crippen LogP contribution in [-0.4, -0.2) is 20.3 Å². The molecule has 0 aliphatic heterocycles. The maximum atomic E-state index is 12.0. The number of pyridine rings is 1. The van der Waals surface area contributed by atoms with Crippen LogP contribution in [0.4, 0.5) is 0 Å². The van der Waals surface area contributed by atoms with Gasteiger partial charge in [0.1, 0.15) is 0 Å². The molecule has 1 N–H and O–H groups in total. The molecule has 0 spiro atoms. The lowest BCUT2D eigenvalue weighted by atomic mass is 10.2. The molecule has 24 heavy (non-hydrogen) atoms. The Hall–Kier alpha value is -2.53. The Labute approximate surface area is 143 Å². The van der Waals surface area contributed by atoms with Gasteiger partial charge in [-0.2, -0.15) is 0 Å². The van der Waals surface area contributed by atoms with E-state index in [9.17, 15) is 4.79 Å². The molecule has 0 saturated carbocycles. The number of nitrogens with zero attached hydrogens (tertiary/aromatic N) is 2. The van der Waals surface area contributed by atoms with Crippen LogP contribution < -0.4 is 5.69 Å². The minimum atomic E-state index is -0.0370. The summed E-state index contributed by atoms with van der Waals surface area (Å²) in [5.41, 5.74) is 2.85. The Morgan fingerprint density at radius 1 is 1.00 bits per heavy atom. The molecular weight excluding hydrogens is 318 g/mol. The number of thioether (sulfide) groups is 1. The second-order valence-electron chi connectivity index (χ2n) is 5.64. The van der Waals surface area contributed by atoms with E-state index in [1.165, 1.54) is 0 Å². The molecule has 120 valence electrons. The van der Waals surface area contributed by atoms with Crippen LogP contribution >= 0.6 is 11.8 Å². The SMILES string of the molecule is O=c1[nH]c2ccccc2n1CCCSc1ccc2ccccc2n1. The summed E-state index contributed by atoms with van der Waals surface area (Å²) in [5.74, 6) is 0.928. The summed E-state index contributed by atoms with van der Waals surface area (Å²) in [5, 5.41) is 2.19. The van der Waals surface area contributed by atoms with Gasteiger partial charge in [-0.15, -0.1) is 11.8 Å². The number of fused-ring (bicyclic) bond motifs is 2. The first-order valence-electron chi connectivity index (χ1n) is 7.97. The van der Waals surface area contributed by atoms with Gasteiger partial charge in [0.05, 0.1) is 21.6 Å². The molecule has 2 aromatic carbocycles. The van der Waals surface area contributed by atoms with E-state index in [4.69, 9.17) is 0 Å². The first kappa shape index (κ1) is 15.0. The smallest absolute Gasteiger partial charge is 0.306 e. The highest BCUT2D eigenvalue weighted by molar-refractivity contribution is 7.99. The molecule has 0 fully saturated rings. The molecule has 4 rings (SSSR count). The predicted octanol–water partition coefficient (Wildman–Crippen LogP) is 4.06. The summed E-state index contributed by atoms with van der Waals surface area (Å²) in [6.45, 7) is 0.712. The summed E-state index contributed by atoms with van der Waals surface area (Å²) < 4.78 is 1.81. The average molecular weight is 335 g/mol. The number of aromatic amines is 1. The van der Waals surface area contributed by atoms with E-state index in [0.717, 1.165) is 39.1 Å². The lowest BCUT2D eigenvalue weighted by Crippen LogP contribution is -2.17. The van der Waals surface area contributed by atoms with Crippen molar-refractivity contribution >= 4 is 33.7 Å². The van der Waals surface area contributed by atoms with Crippen molar-refractivity contribution in [1.82, 2.24) is 14.5 Å². The average Bonchev–Trinajstić information content (AvgIpc) is 2.94. The summed E-state index contributed by atoms with van der Waals surface area (Å²) in [7, 11) is 0. The lowest BCUT2D eigenvalue weighted by molar-refractivity contribution is 0.679. The molecule has 0 aliphatic rings.